The van der Waals surface area contributed by atoms with Gasteiger partial charge < -0.3 is 10.1 Å². The molecule has 5 heteroatoms. The van der Waals surface area contributed by atoms with Crippen LogP contribution in [-0.2, 0) is 4.74 Å². The predicted octanol–water partition coefficient (Wildman–Crippen LogP) is 0.282. The van der Waals surface area contributed by atoms with E-state index in [1.807, 2.05) is 0 Å². The summed E-state index contributed by atoms with van der Waals surface area (Å²) < 4.78 is 5.42. The third-order valence-electron chi connectivity index (χ3n) is 5.21. The first kappa shape index (κ1) is 15.7. The largest absolute Gasteiger partial charge is 0.379 e. The van der Waals surface area contributed by atoms with Crippen molar-refractivity contribution in [2.24, 2.45) is 5.92 Å². The van der Waals surface area contributed by atoms with Crippen LogP contribution in [-0.4, -0.2) is 93.0 Å². The van der Waals surface area contributed by atoms with E-state index in [-0.39, 0.29) is 0 Å². The lowest BCUT2D eigenvalue weighted by atomic mass is 9.96. The molecule has 122 valence electrons. The third-order valence-corrected chi connectivity index (χ3v) is 5.21. The van der Waals surface area contributed by atoms with Crippen LogP contribution in [0.15, 0.2) is 0 Å². The van der Waals surface area contributed by atoms with Gasteiger partial charge >= 0.3 is 0 Å². The van der Waals surface area contributed by atoms with Gasteiger partial charge in [0, 0.05) is 51.9 Å². The van der Waals surface area contributed by atoms with E-state index in [0.717, 1.165) is 44.9 Å². The summed E-state index contributed by atoms with van der Waals surface area (Å²) in [6.45, 7) is 14.9. The Morgan fingerprint density at radius 1 is 0.905 bits per heavy atom. The molecule has 0 bridgehead atoms. The van der Waals surface area contributed by atoms with Crippen LogP contribution in [0.1, 0.15) is 19.8 Å². The molecule has 1 unspecified atom stereocenters. The highest BCUT2D eigenvalue weighted by atomic mass is 16.5. The molecule has 2 atom stereocenters. The fraction of sp³-hybridized carbons (Fsp3) is 1.00. The maximum Gasteiger partial charge on any atom is 0.0594 e. The van der Waals surface area contributed by atoms with Gasteiger partial charge in [0.1, 0.15) is 0 Å². The van der Waals surface area contributed by atoms with Crippen LogP contribution in [0.5, 0.6) is 0 Å². The molecule has 21 heavy (non-hydrogen) atoms. The second kappa shape index (κ2) is 7.88. The Morgan fingerprint density at radius 2 is 1.57 bits per heavy atom. The number of hydrogen-bond donors (Lipinski definition) is 1. The number of ether oxygens (including phenoxy) is 1. The van der Waals surface area contributed by atoms with Crippen molar-refractivity contribution < 1.29 is 4.74 Å². The van der Waals surface area contributed by atoms with Gasteiger partial charge in [0.15, 0.2) is 0 Å². The first-order valence-corrected chi connectivity index (χ1v) is 8.78. The summed E-state index contributed by atoms with van der Waals surface area (Å²) >= 11 is 0. The molecule has 3 fully saturated rings. The van der Waals surface area contributed by atoms with Gasteiger partial charge in [0.25, 0.3) is 0 Å². The van der Waals surface area contributed by atoms with Crippen LogP contribution in [0.4, 0.5) is 0 Å². The smallest absolute Gasteiger partial charge is 0.0594 e. The maximum atomic E-state index is 5.42. The Kier molecular flexibility index (Phi) is 5.89. The summed E-state index contributed by atoms with van der Waals surface area (Å²) in [7, 11) is 0. The molecule has 0 radical (unpaired) electrons. The van der Waals surface area contributed by atoms with Gasteiger partial charge in [-0.1, -0.05) is 6.92 Å². The van der Waals surface area contributed by atoms with E-state index < -0.39 is 0 Å². The van der Waals surface area contributed by atoms with Gasteiger partial charge in [0.05, 0.1) is 19.9 Å². The average molecular weight is 296 g/mol. The van der Waals surface area contributed by atoms with Crippen molar-refractivity contribution in [3.05, 3.63) is 0 Å². The topological polar surface area (TPSA) is 31.0 Å². The average Bonchev–Trinajstić information content (AvgIpc) is 2.53. The molecule has 0 aromatic heterocycles. The standard InChI is InChI=1S/C16H32N4O/c1-15-2-3-16(17-12-15)13-18-4-6-19(7-5-18)14-20-8-10-21-11-9-20/h15-17H,2-14H2,1H3/t15-,16?/m1/s1. The van der Waals surface area contributed by atoms with Gasteiger partial charge in [-0.25, -0.2) is 0 Å². The Morgan fingerprint density at radius 3 is 2.24 bits per heavy atom. The number of nitrogens with zero attached hydrogens (tertiary/aromatic N) is 3. The van der Waals surface area contributed by atoms with Crippen LogP contribution in [0, 0.1) is 5.92 Å². The number of nitrogens with one attached hydrogen (secondary N) is 1. The minimum Gasteiger partial charge on any atom is -0.379 e. The number of morpholine rings is 1. The summed E-state index contributed by atoms with van der Waals surface area (Å²) in [5.74, 6) is 0.867. The van der Waals surface area contributed by atoms with E-state index in [1.54, 1.807) is 0 Å². The molecular weight excluding hydrogens is 264 g/mol. The van der Waals surface area contributed by atoms with Crippen LogP contribution >= 0.6 is 0 Å². The Hall–Kier alpha value is -0.200. The molecule has 1 N–H and O–H groups in total. The highest BCUT2D eigenvalue weighted by Gasteiger charge is 2.24. The highest BCUT2D eigenvalue weighted by molar-refractivity contribution is 4.81. The SMILES string of the molecule is C[C@@H]1CCC(CN2CCN(CN3CCOCC3)CC2)NC1. The van der Waals surface area contributed by atoms with Crippen LogP contribution in [0.2, 0.25) is 0 Å². The van der Waals surface area contributed by atoms with E-state index in [0.29, 0.717) is 0 Å². The number of piperazine rings is 1. The van der Waals surface area contributed by atoms with E-state index in [9.17, 15) is 0 Å². The molecular formula is C16H32N4O. The number of piperidine rings is 1. The number of rotatable bonds is 4. The molecule has 3 aliphatic rings. The summed E-state index contributed by atoms with van der Waals surface area (Å²) in [6.07, 6.45) is 2.75. The summed E-state index contributed by atoms with van der Waals surface area (Å²) in [4.78, 5) is 7.80. The lowest BCUT2D eigenvalue weighted by Gasteiger charge is -2.40. The quantitative estimate of drug-likeness (QED) is 0.805. The molecule has 0 spiro atoms. The zero-order valence-corrected chi connectivity index (χ0v) is 13.6. The van der Waals surface area contributed by atoms with E-state index in [4.69, 9.17) is 4.74 Å². The first-order chi connectivity index (χ1) is 10.3. The minimum absolute atomic E-state index is 0.729. The summed E-state index contributed by atoms with van der Waals surface area (Å²) in [6, 6.07) is 0.729. The van der Waals surface area contributed by atoms with Crippen LogP contribution < -0.4 is 5.32 Å². The highest BCUT2D eigenvalue weighted by Crippen LogP contribution is 2.15. The molecule has 3 heterocycles. The Balaban J connectivity index is 1.33. The molecule has 3 aliphatic heterocycles. The van der Waals surface area contributed by atoms with Crippen molar-refractivity contribution in [3.8, 4) is 0 Å². The van der Waals surface area contributed by atoms with Crippen LogP contribution in [0.3, 0.4) is 0 Å². The fourth-order valence-corrected chi connectivity index (χ4v) is 3.66. The Labute approximate surface area is 129 Å². The molecule has 5 nitrogen and oxygen atoms in total. The molecule has 0 amide bonds. The van der Waals surface area contributed by atoms with Gasteiger partial charge in [-0.15, -0.1) is 0 Å². The predicted molar refractivity (Wildman–Crippen MR) is 85.5 cm³/mol. The minimum atomic E-state index is 0.729. The van der Waals surface area contributed by atoms with Crippen molar-refractivity contribution in [3.63, 3.8) is 0 Å². The van der Waals surface area contributed by atoms with Crippen molar-refractivity contribution in [2.75, 3.05) is 72.2 Å². The normalized spacial score (nSPS) is 34.1. The van der Waals surface area contributed by atoms with Crippen LogP contribution in [0.25, 0.3) is 0 Å². The zero-order valence-electron chi connectivity index (χ0n) is 13.6. The van der Waals surface area contributed by atoms with Crippen molar-refractivity contribution in [2.45, 2.75) is 25.8 Å². The lowest BCUT2D eigenvalue weighted by Crippen LogP contribution is -2.54. The molecule has 3 rings (SSSR count). The first-order valence-electron chi connectivity index (χ1n) is 8.78. The van der Waals surface area contributed by atoms with Gasteiger partial charge in [-0.3, -0.25) is 14.7 Å². The maximum absolute atomic E-state index is 5.42. The molecule has 0 aromatic carbocycles. The van der Waals surface area contributed by atoms with E-state index in [1.165, 1.54) is 52.1 Å². The monoisotopic (exact) mass is 296 g/mol. The van der Waals surface area contributed by atoms with E-state index in [2.05, 4.69) is 26.9 Å². The van der Waals surface area contributed by atoms with Crippen molar-refractivity contribution in [1.82, 2.24) is 20.0 Å². The molecule has 0 saturated carbocycles. The second-order valence-corrected chi connectivity index (χ2v) is 7.08. The van der Waals surface area contributed by atoms with Gasteiger partial charge in [0.2, 0.25) is 0 Å². The molecule has 3 saturated heterocycles. The van der Waals surface area contributed by atoms with Crippen molar-refractivity contribution in [1.29, 1.82) is 0 Å². The second-order valence-electron chi connectivity index (χ2n) is 7.08. The third kappa shape index (κ3) is 4.89. The van der Waals surface area contributed by atoms with E-state index >= 15 is 0 Å². The number of hydrogen-bond acceptors (Lipinski definition) is 5. The molecule has 0 aliphatic carbocycles. The van der Waals surface area contributed by atoms with Crippen molar-refractivity contribution >= 4 is 0 Å². The summed E-state index contributed by atoms with van der Waals surface area (Å²) in [5.41, 5.74) is 0. The lowest BCUT2D eigenvalue weighted by molar-refractivity contribution is -0.00197. The van der Waals surface area contributed by atoms with Gasteiger partial charge in [-0.2, -0.15) is 0 Å². The fourth-order valence-electron chi connectivity index (χ4n) is 3.66. The zero-order chi connectivity index (χ0) is 14.5. The molecule has 0 aromatic rings. The Bertz CT molecular complexity index is 293. The summed E-state index contributed by atoms with van der Waals surface area (Å²) in [5, 5.41) is 3.72. The van der Waals surface area contributed by atoms with Gasteiger partial charge in [-0.05, 0) is 25.3 Å².